The van der Waals surface area contributed by atoms with Gasteiger partial charge in [-0.25, -0.2) is 9.59 Å². The number of rotatable bonds is 5. The Bertz CT molecular complexity index is 996. The molecule has 146 valence electrons. The van der Waals surface area contributed by atoms with Crippen LogP contribution in [-0.2, 0) is 11.3 Å². The van der Waals surface area contributed by atoms with Crippen LogP contribution in [0.5, 0.6) is 0 Å². The summed E-state index contributed by atoms with van der Waals surface area (Å²) in [5.74, 6) is -0.329. The lowest BCUT2D eigenvalue weighted by molar-refractivity contribution is -0.118. The maximum atomic E-state index is 12.8. The average Bonchev–Trinajstić information content (AvgIpc) is 2.63. The minimum absolute atomic E-state index is 0.245. The first-order valence-electron chi connectivity index (χ1n) is 8.88. The summed E-state index contributed by atoms with van der Waals surface area (Å²) in [5.41, 5.74) is 2.67. The molecule has 3 rings (SSSR count). The van der Waals surface area contributed by atoms with Crippen LogP contribution in [0, 0.1) is 13.8 Å². The van der Waals surface area contributed by atoms with E-state index in [1.54, 1.807) is 38.4 Å². The fraction of sp³-hybridized carbons (Fsp3) is 0.316. The van der Waals surface area contributed by atoms with Gasteiger partial charge in [0.1, 0.15) is 0 Å². The molecule has 28 heavy (non-hydrogen) atoms. The summed E-state index contributed by atoms with van der Waals surface area (Å²) < 4.78 is 1.51. The van der Waals surface area contributed by atoms with Gasteiger partial charge in [0.2, 0.25) is 0 Å². The standard InChI is InChI=1S/C19H22N6O3/c1-11-9-12(2)25(19(28)22-11)8-7-21-17(26)15-13(3)23-18(27)24-16(15)14-5-4-6-20-10-14/h4-6,9-10,16H,7-8H2,1-3H3,(H,21,26)(H2,23,24,27). The minimum atomic E-state index is -0.604. The molecule has 0 bridgehead atoms. The topological polar surface area (TPSA) is 118 Å². The Hall–Kier alpha value is -3.49. The van der Waals surface area contributed by atoms with Crippen LogP contribution in [0.25, 0.3) is 0 Å². The van der Waals surface area contributed by atoms with Crippen molar-refractivity contribution in [2.45, 2.75) is 33.4 Å². The second kappa shape index (κ2) is 8.03. The van der Waals surface area contributed by atoms with Gasteiger partial charge in [-0.1, -0.05) is 6.07 Å². The Morgan fingerprint density at radius 3 is 2.75 bits per heavy atom. The van der Waals surface area contributed by atoms with Gasteiger partial charge >= 0.3 is 11.7 Å². The first-order valence-corrected chi connectivity index (χ1v) is 8.88. The van der Waals surface area contributed by atoms with Gasteiger partial charge in [0, 0.05) is 42.6 Å². The number of pyridine rings is 1. The van der Waals surface area contributed by atoms with E-state index in [-0.39, 0.29) is 24.2 Å². The smallest absolute Gasteiger partial charge is 0.348 e. The second-order valence-corrected chi connectivity index (χ2v) is 6.59. The number of carbonyl (C=O) groups excluding carboxylic acids is 2. The van der Waals surface area contributed by atoms with Crippen molar-refractivity contribution in [1.82, 2.24) is 30.5 Å². The van der Waals surface area contributed by atoms with Crippen molar-refractivity contribution >= 4 is 11.9 Å². The van der Waals surface area contributed by atoms with Gasteiger partial charge in [-0.2, -0.15) is 4.98 Å². The fourth-order valence-corrected chi connectivity index (χ4v) is 3.21. The predicted octanol–water partition coefficient (Wildman–Crippen LogP) is 0.699. The van der Waals surface area contributed by atoms with E-state index in [9.17, 15) is 14.4 Å². The normalized spacial score (nSPS) is 16.4. The van der Waals surface area contributed by atoms with E-state index in [1.165, 1.54) is 4.57 Å². The third-order valence-corrected chi connectivity index (χ3v) is 4.50. The van der Waals surface area contributed by atoms with Crippen molar-refractivity contribution in [3.05, 3.63) is 69.3 Å². The molecule has 0 saturated carbocycles. The summed E-state index contributed by atoms with van der Waals surface area (Å²) in [6, 6.07) is 4.37. The zero-order valence-electron chi connectivity index (χ0n) is 15.9. The summed E-state index contributed by atoms with van der Waals surface area (Å²) >= 11 is 0. The maximum absolute atomic E-state index is 12.8. The molecule has 9 heteroatoms. The number of aryl methyl sites for hydroxylation is 2. The highest BCUT2D eigenvalue weighted by Crippen LogP contribution is 2.25. The number of allylic oxidation sites excluding steroid dienone is 1. The maximum Gasteiger partial charge on any atom is 0.348 e. The average molecular weight is 382 g/mol. The molecule has 0 aliphatic carbocycles. The van der Waals surface area contributed by atoms with E-state index in [0.29, 0.717) is 29.1 Å². The molecule has 1 aliphatic rings. The van der Waals surface area contributed by atoms with Crippen molar-refractivity contribution in [3.8, 4) is 0 Å². The van der Waals surface area contributed by atoms with Gasteiger partial charge in [-0.15, -0.1) is 0 Å². The lowest BCUT2D eigenvalue weighted by atomic mass is 9.96. The Kier molecular flexibility index (Phi) is 5.53. The SMILES string of the molecule is CC1=C(C(=O)NCCn2c(C)cc(C)nc2=O)C(c2cccnc2)NC(=O)N1. The summed E-state index contributed by atoms with van der Waals surface area (Å²) in [6.45, 7) is 5.81. The molecule has 0 aromatic carbocycles. The van der Waals surface area contributed by atoms with Crippen LogP contribution in [0.3, 0.4) is 0 Å². The van der Waals surface area contributed by atoms with Crippen molar-refractivity contribution in [3.63, 3.8) is 0 Å². The van der Waals surface area contributed by atoms with E-state index >= 15 is 0 Å². The molecule has 1 unspecified atom stereocenters. The zero-order chi connectivity index (χ0) is 20.3. The molecule has 3 heterocycles. The molecule has 2 aromatic heterocycles. The number of amides is 3. The number of nitrogens with one attached hydrogen (secondary N) is 3. The number of carbonyl (C=O) groups is 2. The Morgan fingerprint density at radius 1 is 1.29 bits per heavy atom. The molecule has 0 spiro atoms. The second-order valence-electron chi connectivity index (χ2n) is 6.59. The van der Waals surface area contributed by atoms with Crippen LogP contribution in [0.2, 0.25) is 0 Å². The van der Waals surface area contributed by atoms with Crippen molar-refractivity contribution in [2.75, 3.05) is 6.54 Å². The molecule has 0 fully saturated rings. The quantitative estimate of drug-likeness (QED) is 0.704. The molecule has 2 aromatic rings. The highest BCUT2D eigenvalue weighted by molar-refractivity contribution is 5.98. The molecular weight excluding hydrogens is 360 g/mol. The number of aromatic nitrogens is 3. The van der Waals surface area contributed by atoms with Crippen LogP contribution in [0.4, 0.5) is 4.79 Å². The highest BCUT2D eigenvalue weighted by Gasteiger charge is 2.31. The summed E-state index contributed by atoms with van der Waals surface area (Å²) in [6.07, 6.45) is 3.23. The van der Waals surface area contributed by atoms with Gasteiger partial charge in [0.25, 0.3) is 5.91 Å². The molecule has 3 amide bonds. The van der Waals surface area contributed by atoms with Gasteiger partial charge in [-0.05, 0) is 38.5 Å². The highest BCUT2D eigenvalue weighted by atomic mass is 16.2. The van der Waals surface area contributed by atoms with Crippen LogP contribution < -0.4 is 21.6 Å². The first kappa shape index (κ1) is 19.3. The molecule has 0 radical (unpaired) electrons. The van der Waals surface area contributed by atoms with Gasteiger partial charge in [0.15, 0.2) is 0 Å². The zero-order valence-corrected chi connectivity index (χ0v) is 15.9. The lowest BCUT2D eigenvalue weighted by Gasteiger charge is -2.28. The molecule has 0 saturated heterocycles. The number of hydrogen-bond acceptors (Lipinski definition) is 5. The van der Waals surface area contributed by atoms with E-state index in [4.69, 9.17) is 0 Å². The Labute approximate surface area is 161 Å². The summed E-state index contributed by atoms with van der Waals surface area (Å²) in [4.78, 5) is 44.7. The summed E-state index contributed by atoms with van der Waals surface area (Å²) in [5, 5.41) is 8.20. The van der Waals surface area contributed by atoms with Gasteiger partial charge in [0.05, 0.1) is 11.6 Å². The third-order valence-electron chi connectivity index (χ3n) is 4.50. The predicted molar refractivity (Wildman–Crippen MR) is 102 cm³/mol. The third kappa shape index (κ3) is 4.08. The molecule has 1 atom stereocenters. The van der Waals surface area contributed by atoms with E-state index in [1.807, 2.05) is 13.0 Å². The van der Waals surface area contributed by atoms with Crippen LogP contribution in [0.1, 0.15) is 29.9 Å². The van der Waals surface area contributed by atoms with Crippen molar-refractivity contribution in [2.24, 2.45) is 0 Å². The lowest BCUT2D eigenvalue weighted by Crippen LogP contribution is -2.47. The molecule has 9 nitrogen and oxygen atoms in total. The largest absolute Gasteiger partial charge is 0.350 e. The van der Waals surface area contributed by atoms with Gasteiger partial charge in [-0.3, -0.25) is 14.3 Å². The van der Waals surface area contributed by atoms with Crippen LogP contribution in [0.15, 0.2) is 46.7 Å². The van der Waals surface area contributed by atoms with E-state index in [2.05, 4.69) is 25.9 Å². The van der Waals surface area contributed by atoms with Crippen LogP contribution >= 0.6 is 0 Å². The minimum Gasteiger partial charge on any atom is -0.350 e. The Balaban J connectivity index is 1.76. The number of urea groups is 1. The number of nitrogens with zero attached hydrogens (tertiary/aromatic N) is 3. The van der Waals surface area contributed by atoms with Crippen molar-refractivity contribution < 1.29 is 9.59 Å². The fourth-order valence-electron chi connectivity index (χ4n) is 3.21. The van der Waals surface area contributed by atoms with Gasteiger partial charge < -0.3 is 16.0 Å². The van der Waals surface area contributed by atoms with E-state index < -0.39 is 6.04 Å². The molecular formula is C19H22N6O3. The molecule has 3 N–H and O–H groups in total. The summed E-state index contributed by atoms with van der Waals surface area (Å²) in [7, 11) is 0. The van der Waals surface area contributed by atoms with E-state index in [0.717, 1.165) is 5.69 Å². The monoisotopic (exact) mass is 382 g/mol. The first-order chi connectivity index (χ1) is 13.4. The molecule has 1 aliphatic heterocycles. The van der Waals surface area contributed by atoms with Crippen molar-refractivity contribution in [1.29, 1.82) is 0 Å². The van der Waals surface area contributed by atoms with Crippen LogP contribution in [-0.4, -0.2) is 33.0 Å². The Morgan fingerprint density at radius 2 is 2.07 bits per heavy atom. The number of hydrogen-bond donors (Lipinski definition) is 3.